The third-order valence-corrected chi connectivity index (χ3v) is 2.71. The van der Waals surface area contributed by atoms with Crippen molar-refractivity contribution in [3.05, 3.63) is 34.4 Å². The van der Waals surface area contributed by atoms with Gasteiger partial charge in [-0.05, 0) is 18.2 Å². The molecule has 1 heterocycles. The second kappa shape index (κ2) is 4.47. The van der Waals surface area contributed by atoms with E-state index in [1.807, 2.05) is 6.07 Å². The van der Waals surface area contributed by atoms with E-state index in [1.54, 1.807) is 30.1 Å². The van der Waals surface area contributed by atoms with Crippen molar-refractivity contribution in [1.29, 1.82) is 5.26 Å². The van der Waals surface area contributed by atoms with Crippen molar-refractivity contribution in [1.82, 2.24) is 9.78 Å². The lowest BCUT2D eigenvalue weighted by molar-refractivity contribution is 0.771. The van der Waals surface area contributed by atoms with Gasteiger partial charge in [-0.2, -0.15) is 10.4 Å². The topological polar surface area (TPSA) is 79.7 Å². The number of hydrogen-bond acceptors (Lipinski definition) is 4. The van der Waals surface area contributed by atoms with Crippen LogP contribution in [0.2, 0.25) is 0 Å². The van der Waals surface area contributed by atoms with E-state index < -0.39 is 0 Å². The van der Waals surface area contributed by atoms with E-state index in [0.29, 0.717) is 22.8 Å². The van der Waals surface area contributed by atoms with E-state index >= 15 is 0 Å². The first-order valence-electron chi connectivity index (χ1n) is 4.86. The molecule has 2 aromatic rings. The molecule has 86 valence electrons. The van der Waals surface area contributed by atoms with Crippen molar-refractivity contribution in [2.75, 3.05) is 11.1 Å². The molecule has 0 aliphatic heterocycles. The zero-order chi connectivity index (χ0) is 12.4. The molecule has 6 heteroatoms. The summed E-state index contributed by atoms with van der Waals surface area (Å²) in [6, 6.07) is 7.50. The lowest BCUT2D eigenvalue weighted by Crippen LogP contribution is -1.98. The number of anilines is 3. The molecule has 0 bridgehead atoms. The summed E-state index contributed by atoms with van der Waals surface area (Å²) in [5, 5.41) is 16.2. The number of rotatable bonds is 2. The van der Waals surface area contributed by atoms with E-state index in [1.165, 1.54) is 0 Å². The number of nitrogens with one attached hydrogen (secondary N) is 1. The van der Waals surface area contributed by atoms with Crippen LogP contribution in [0.1, 0.15) is 5.56 Å². The maximum absolute atomic E-state index is 9.03. The van der Waals surface area contributed by atoms with Crippen molar-refractivity contribution in [3.63, 3.8) is 0 Å². The summed E-state index contributed by atoms with van der Waals surface area (Å²) in [6.45, 7) is 0. The Morgan fingerprint density at radius 3 is 2.88 bits per heavy atom. The molecule has 1 aromatic carbocycles. The Kier molecular flexibility index (Phi) is 3.02. The van der Waals surface area contributed by atoms with Crippen molar-refractivity contribution in [2.45, 2.75) is 0 Å². The Labute approximate surface area is 107 Å². The summed E-state index contributed by atoms with van der Waals surface area (Å²) in [6.07, 6.45) is 1.70. The van der Waals surface area contributed by atoms with Gasteiger partial charge < -0.3 is 11.1 Å². The van der Waals surface area contributed by atoms with Crippen LogP contribution in [0.25, 0.3) is 0 Å². The Balaban J connectivity index is 2.37. The minimum absolute atomic E-state index is 0.532. The molecule has 1 aromatic heterocycles. The quantitative estimate of drug-likeness (QED) is 0.890. The van der Waals surface area contributed by atoms with E-state index in [2.05, 4.69) is 32.4 Å². The predicted molar refractivity (Wildman–Crippen MR) is 69.8 cm³/mol. The highest BCUT2D eigenvalue weighted by Crippen LogP contribution is 2.25. The first kappa shape index (κ1) is 11.5. The van der Waals surface area contributed by atoms with Crippen molar-refractivity contribution in [2.24, 2.45) is 7.05 Å². The Morgan fingerprint density at radius 1 is 1.53 bits per heavy atom. The Morgan fingerprint density at radius 2 is 2.29 bits per heavy atom. The molecule has 17 heavy (non-hydrogen) atoms. The summed E-state index contributed by atoms with van der Waals surface area (Å²) >= 11 is 3.32. The van der Waals surface area contributed by atoms with Crippen molar-refractivity contribution in [3.8, 4) is 6.07 Å². The summed E-state index contributed by atoms with van der Waals surface area (Å²) in [5.74, 6) is 0.548. The van der Waals surface area contributed by atoms with Crippen LogP contribution in [0.5, 0.6) is 0 Å². The number of hydrogen-bond donors (Lipinski definition) is 2. The Bertz CT molecular complexity index is 596. The third kappa shape index (κ3) is 2.40. The van der Waals surface area contributed by atoms with Gasteiger partial charge in [0.1, 0.15) is 6.07 Å². The molecule has 0 aliphatic carbocycles. The van der Waals surface area contributed by atoms with Gasteiger partial charge in [-0.3, -0.25) is 4.68 Å². The van der Waals surface area contributed by atoms with Crippen molar-refractivity contribution < 1.29 is 0 Å². The fraction of sp³-hybridized carbons (Fsp3) is 0.0909. The van der Waals surface area contributed by atoms with Gasteiger partial charge in [0.2, 0.25) is 0 Å². The zero-order valence-corrected chi connectivity index (χ0v) is 10.7. The van der Waals surface area contributed by atoms with Crippen LogP contribution in [0.15, 0.2) is 28.9 Å². The highest BCUT2D eigenvalue weighted by molar-refractivity contribution is 9.10. The largest absolute Gasteiger partial charge is 0.394 e. The first-order valence-corrected chi connectivity index (χ1v) is 5.65. The van der Waals surface area contributed by atoms with Gasteiger partial charge in [0.25, 0.3) is 0 Å². The lowest BCUT2D eigenvalue weighted by Gasteiger charge is -2.06. The predicted octanol–water partition coefficient (Wildman–Crippen LogP) is 2.38. The molecule has 0 radical (unpaired) electrons. The monoisotopic (exact) mass is 291 g/mol. The van der Waals surface area contributed by atoms with E-state index in [-0.39, 0.29) is 0 Å². The fourth-order valence-corrected chi connectivity index (χ4v) is 1.81. The molecule has 0 fully saturated rings. The van der Waals surface area contributed by atoms with Crippen LogP contribution >= 0.6 is 15.9 Å². The minimum Gasteiger partial charge on any atom is -0.394 e. The minimum atomic E-state index is 0.532. The van der Waals surface area contributed by atoms with Crippen LogP contribution < -0.4 is 11.1 Å². The van der Waals surface area contributed by atoms with Crippen LogP contribution in [0, 0.1) is 11.3 Å². The molecule has 0 spiro atoms. The number of nitrogen functional groups attached to an aromatic ring is 1. The second-order valence-electron chi connectivity index (χ2n) is 3.53. The van der Waals surface area contributed by atoms with Gasteiger partial charge >= 0.3 is 0 Å². The van der Waals surface area contributed by atoms with E-state index in [0.717, 1.165) is 4.47 Å². The highest BCUT2D eigenvalue weighted by Gasteiger charge is 2.08. The molecule has 0 saturated carbocycles. The van der Waals surface area contributed by atoms with E-state index in [9.17, 15) is 0 Å². The van der Waals surface area contributed by atoms with Gasteiger partial charge in [0.15, 0.2) is 5.82 Å². The number of benzene rings is 1. The molecule has 0 unspecified atom stereocenters. The van der Waals surface area contributed by atoms with E-state index in [4.69, 9.17) is 11.0 Å². The van der Waals surface area contributed by atoms with Crippen LogP contribution in [0.3, 0.4) is 0 Å². The maximum atomic E-state index is 9.03. The van der Waals surface area contributed by atoms with Crippen LogP contribution in [-0.4, -0.2) is 9.78 Å². The molecule has 5 nitrogen and oxygen atoms in total. The summed E-state index contributed by atoms with van der Waals surface area (Å²) in [7, 11) is 1.79. The second-order valence-corrected chi connectivity index (χ2v) is 4.45. The normalized spacial score (nSPS) is 9.94. The maximum Gasteiger partial charge on any atom is 0.175 e. The average molecular weight is 292 g/mol. The molecule has 0 aliphatic rings. The number of nitrogens with zero attached hydrogens (tertiary/aromatic N) is 3. The van der Waals surface area contributed by atoms with Gasteiger partial charge in [-0.15, -0.1) is 0 Å². The highest BCUT2D eigenvalue weighted by atomic mass is 79.9. The SMILES string of the molecule is Cn1cc(N)c(Nc2ccc(Br)cc2C#N)n1. The summed E-state index contributed by atoms with van der Waals surface area (Å²) < 4.78 is 2.47. The molecular weight excluding hydrogens is 282 g/mol. The van der Waals surface area contributed by atoms with Gasteiger partial charge in [0.05, 0.1) is 16.9 Å². The van der Waals surface area contributed by atoms with Crippen LogP contribution in [0.4, 0.5) is 17.2 Å². The number of aryl methyl sites for hydroxylation is 1. The van der Waals surface area contributed by atoms with Crippen LogP contribution in [-0.2, 0) is 7.05 Å². The molecule has 3 N–H and O–H groups in total. The zero-order valence-electron chi connectivity index (χ0n) is 9.11. The lowest BCUT2D eigenvalue weighted by atomic mass is 10.2. The standard InChI is InChI=1S/C11H10BrN5/c1-17-6-9(14)11(16-17)15-10-3-2-8(12)4-7(10)5-13/h2-4,6H,14H2,1H3,(H,15,16). The molecule has 0 amide bonds. The van der Waals surface area contributed by atoms with Gasteiger partial charge in [-0.1, -0.05) is 15.9 Å². The summed E-state index contributed by atoms with van der Waals surface area (Å²) in [4.78, 5) is 0. The third-order valence-electron chi connectivity index (χ3n) is 2.21. The number of nitriles is 1. The number of aromatic nitrogens is 2. The number of nitrogens with two attached hydrogens (primary N) is 1. The number of halogens is 1. The fourth-order valence-electron chi connectivity index (χ4n) is 1.45. The molecular formula is C11H10BrN5. The van der Waals surface area contributed by atoms with Gasteiger partial charge in [-0.25, -0.2) is 0 Å². The van der Waals surface area contributed by atoms with Crippen molar-refractivity contribution >= 4 is 33.1 Å². The average Bonchev–Trinajstić information content (AvgIpc) is 2.60. The van der Waals surface area contributed by atoms with Gasteiger partial charge in [0, 0.05) is 17.7 Å². The smallest absolute Gasteiger partial charge is 0.175 e. The summed E-state index contributed by atoms with van der Waals surface area (Å²) in [5.41, 5.74) is 7.53. The first-order chi connectivity index (χ1) is 8.10. The molecule has 2 rings (SSSR count). The molecule has 0 saturated heterocycles. The molecule has 0 atom stereocenters. The Hall–Kier alpha value is -2.00.